The summed E-state index contributed by atoms with van der Waals surface area (Å²) in [6, 6.07) is -1.02. The smallest absolute Gasteiger partial charge is 0.326 e. The van der Waals surface area contributed by atoms with Gasteiger partial charge in [-0.1, -0.05) is 117 Å². The number of rotatable bonds is 30. The highest BCUT2D eigenvalue weighted by Crippen LogP contribution is 2.14. The van der Waals surface area contributed by atoms with Crippen molar-refractivity contribution in [3.8, 4) is 0 Å². The number of imidazole rings is 1. The summed E-state index contributed by atoms with van der Waals surface area (Å²) in [6.45, 7) is 5.98. The molecule has 1 aromatic rings. The first kappa shape index (κ1) is 39.1. The first-order valence-corrected chi connectivity index (χ1v) is 17.4. The number of carboxylic acids is 1. The first-order valence-electron chi connectivity index (χ1n) is 17.4. The Morgan fingerprint density at radius 2 is 1.28 bits per heavy atom. The van der Waals surface area contributed by atoms with E-state index in [1.165, 1.54) is 83.4 Å². The number of hydrogen-bond acceptors (Lipinski definition) is 6. The molecule has 0 aliphatic heterocycles. The highest BCUT2D eigenvalue weighted by Gasteiger charge is 2.21. The van der Waals surface area contributed by atoms with Gasteiger partial charge in [0.2, 0.25) is 5.91 Å². The van der Waals surface area contributed by atoms with Crippen molar-refractivity contribution in [2.75, 3.05) is 19.6 Å². The van der Waals surface area contributed by atoms with Crippen molar-refractivity contribution in [3.63, 3.8) is 0 Å². The molecule has 43 heavy (non-hydrogen) atoms. The second kappa shape index (κ2) is 26.4. The van der Waals surface area contributed by atoms with Gasteiger partial charge in [0, 0.05) is 37.8 Å². The molecule has 0 bridgehead atoms. The van der Waals surface area contributed by atoms with Gasteiger partial charge in [-0.2, -0.15) is 0 Å². The third-order valence-corrected chi connectivity index (χ3v) is 8.21. The summed E-state index contributed by atoms with van der Waals surface area (Å²) in [5, 5.41) is 33.7. The third kappa shape index (κ3) is 22.2. The summed E-state index contributed by atoms with van der Waals surface area (Å²) in [7, 11) is 0. The molecule has 9 nitrogen and oxygen atoms in total. The summed E-state index contributed by atoms with van der Waals surface area (Å²) < 4.78 is 0. The number of carbonyl (C=O) groups is 2. The Morgan fingerprint density at radius 1 is 0.791 bits per heavy atom. The van der Waals surface area contributed by atoms with Crippen LogP contribution in [0.1, 0.15) is 148 Å². The van der Waals surface area contributed by atoms with Gasteiger partial charge in [0.15, 0.2) is 0 Å². The van der Waals surface area contributed by atoms with Gasteiger partial charge >= 0.3 is 5.97 Å². The number of carboxylic acid groups (broad SMARTS) is 1. The lowest BCUT2D eigenvalue weighted by Gasteiger charge is -2.27. The summed E-state index contributed by atoms with van der Waals surface area (Å²) in [5.41, 5.74) is 0.648. The molecule has 0 saturated heterocycles. The van der Waals surface area contributed by atoms with Crippen LogP contribution in [-0.4, -0.2) is 79.9 Å². The molecule has 0 spiro atoms. The predicted molar refractivity (Wildman–Crippen MR) is 174 cm³/mol. The Balaban J connectivity index is 2.47. The largest absolute Gasteiger partial charge is 0.480 e. The molecule has 1 heterocycles. The van der Waals surface area contributed by atoms with Crippen LogP contribution in [0, 0.1) is 0 Å². The average Bonchev–Trinajstić information content (AvgIpc) is 3.48. The van der Waals surface area contributed by atoms with Gasteiger partial charge in [0.25, 0.3) is 0 Å². The second-order valence-electron chi connectivity index (χ2n) is 12.4. The Bertz CT molecular complexity index is 764. The van der Waals surface area contributed by atoms with E-state index in [1.54, 1.807) is 6.20 Å². The zero-order valence-corrected chi connectivity index (χ0v) is 27.4. The molecule has 1 amide bonds. The van der Waals surface area contributed by atoms with Gasteiger partial charge in [-0.05, 0) is 25.8 Å². The predicted octanol–water partition coefficient (Wildman–Crippen LogP) is 6.39. The number of hydrogen-bond donors (Lipinski definition) is 5. The standard InChI is InChI=1S/C34H64N4O5/c1-3-5-7-9-11-13-15-17-20-30(39)26-38(27-31(40)21-18-16-14-12-10-8-6-4-2)23-19-22-33(41)37-32(34(42)43)24-29-25-35-28-36-29/h25,28,30-32,39-40H,3-24,26-27H2,1-2H3,(H,35,36)(H,37,41)(H,42,43)/t30?,31?,32-/m0/s1. The second-order valence-corrected chi connectivity index (χ2v) is 12.4. The Hall–Kier alpha value is -1.97. The van der Waals surface area contributed by atoms with Gasteiger partial charge in [0.05, 0.1) is 18.5 Å². The first-order chi connectivity index (χ1) is 20.8. The SMILES string of the molecule is CCCCCCCCCCC(O)CN(CCCC(=O)N[C@@H](Cc1cnc[nH]1)C(=O)O)CC(O)CCCCCCCCCC. The number of amides is 1. The molecule has 2 unspecified atom stereocenters. The summed E-state index contributed by atoms with van der Waals surface area (Å²) in [6.07, 6.45) is 24.0. The summed E-state index contributed by atoms with van der Waals surface area (Å²) >= 11 is 0. The Labute approximate surface area is 261 Å². The van der Waals surface area contributed by atoms with Gasteiger partial charge in [-0.25, -0.2) is 9.78 Å². The minimum atomic E-state index is -1.09. The maximum atomic E-state index is 12.6. The average molecular weight is 609 g/mol. The lowest BCUT2D eigenvalue weighted by atomic mass is 10.0. The van der Waals surface area contributed by atoms with E-state index in [4.69, 9.17) is 0 Å². The minimum Gasteiger partial charge on any atom is -0.480 e. The molecule has 3 atom stereocenters. The molecule has 0 radical (unpaired) electrons. The molecular formula is C34H64N4O5. The molecule has 9 heteroatoms. The minimum absolute atomic E-state index is 0.142. The van der Waals surface area contributed by atoms with E-state index >= 15 is 0 Å². The molecule has 0 fully saturated rings. The zero-order valence-electron chi connectivity index (χ0n) is 27.4. The Morgan fingerprint density at radius 3 is 1.72 bits per heavy atom. The van der Waals surface area contributed by atoms with Crippen molar-refractivity contribution >= 4 is 11.9 Å². The third-order valence-electron chi connectivity index (χ3n) is 8.21. The molecule has 0 aromatic carbocycles. The van der Waals surface area contributed by atoms with Crippen LogP contribution in [0.5, 0.6) is 0 Å². The van der Waals surface area contributed by atoms with Gasteiger partial charge in [0.1, 0.15) is 6.04 Å². The van der Waals surface area contributed by atoms with Crippen LogP contribution in [0.4, 0.5) is 0 Å². The highest BCUT2D eigenvalue weighted by molar-refractivity contribution is 5.83. The number of aliphatic hydroxyl groups excluding tert-OH is 2. The number of aromatic nitrogens is 2. The quantitative estimate of drug-likeness (QED) is 0.0638. The summed E-state index contributed by atoms with van der Waals surface area (Å²) in [5.74, 6) is -1.40. The molecule has 5 N–H and O–H groups in total. The highest BCUT2D eigenvalue weighted by atomic mass is 16.4. The van der Waals surface area contributed by atoms with Crippen LogP contribution < -0.4 is 5.32 Å². The molecule has 0 aliphatic rings. The number of carbonyl (C=O) groups excluding carboxylic acids is 1. The zero-order chi connectivity index (χ0) is 31.5. The van der Waals surface area contributed by atoms with E-state index in [2.05, 4.69) is 34.0 Å². The number of nitrogens with zero attached hydrogens (tertiary/aromatic N) is 2. The van der Waals surface area contributed by atoms with Gasteiger partial charge in [-0.3, -0.25) is 9.69 Å². The lowest BCUT2D eigenvalue weighted by Crippen LogP contribution is -2.43. The molecule has 250 valence electrons. The van der Waals surface area contributed by atoms with E-state index in [-0.39, 0.29) is 18.7 Å². The lowest BCUT2D eigenvalue weighted by molar-refractivity contribution is -0.141. The Kier molecular flexibility index (Phi) is 24.0. The molecule has 1 rings (SSSR count). The van der Waals surface area contributed by atoms with E-state index in [9.17, 15) is 24.9 Å². The number of aliphatic hydroxyl groups is 2. The van der Waals surface area contributed by atoms with Crippen molar-refractivity contribution in [2.45, 2.75) is 167 Å². The van der Waals surface area contributed by atoms with Crippen molar-refractivity contribution in [2.24, 2.45) is 0 Å². The number of H-pyrrole nitrogens is 1. The van der Waals surface area contributed by atoms with Crippen molar-refractivity contribution in [1.82, 2.24) is 20.2 Å². The van der Waals surface area contributed by atoms with Gasteiger partial charge in [-0.15, -0.1) is 0 Å². The number of nitrogens with one attached hydrogen (secondary N) is 2. The normalized spacial score (nSPS) is 13.7. The van der Waals surface area contributed by atoms with Gasteiger partial charge < -0.3 is 25.6 Å². The monoisotopic (exact) mass is 608 g/mol. The fourth-order valence-corrected chi connectivity index (χ4v) is 5.61. The maximum Gasteiger partial charge on any atom is 0.326 e. The topological polar surface area (TPSA) is 139 Å². The van der Waals surface area contributed by atoms with Crippen molar-refractivity contribution in [1.29, 1.82) is 0 Å². The van der Waals surface area contributed by atoms with Crippen molar-refractivity contribution in [3.05, 3.63) is 18.2 Å². The fourth-order valence-electron chi connectivity index (χ4n) is 5.61. The number of unbranched alkanes of at least 4 members (excludes halogenated alkanes) is 14. The van der Waals surface area contributed by atoms with Crippen LogP contribution in [0.15, 0.2) is 12.5 Å². The maximum absolute atomic E-state index is 12.6. The molecule has 1 aromatic heterocycles. The number of aliphatic carboxylic acids is 1. The van der Waals surface area contributed by atoms with E-state index in [0.717, 1.165) is 38.5 Å². The molecule has 0 aliphatic carbocycles. The van der Waals surface area contributed by atoms with Crippen LogP contribution in [0.3, 0.4) is 0 Å². The fraction of sp³-hybridized carbons (Fsp3) is 0.853. The van der Waals surface area contributed by atoms with Crippen LogP contribution in [0.2, 0.25) is 0 Å². The number of aromatic amines is 1. The molecule has 0 saturated carbocycles. The van der Waals surface area contributed by atoms with E-state index in [1.807, 2.05) is 0 Å². The van der Waals surface area contributed by atoms with E-state index in [0.29, 0.717) is 31.7 Å². The van der Waals surface area contributed by atoms with E-state index < -0.39 is 24.2 Å². The van der Waals surface area contributed by atoms with Crippen LogP contribution >= 0.6 is 0 Å². The van der Waals surface area contributed by atoms with Crippen molar-refractivity contribution < 1.29 is 24.9 Å². The van der Waals surface area contributed by atoms with Crippen LogP contribution in [0.25, 0.3) is 0 Å². The van der Waals surface area contributed by atoms with Crippen LogP contribution in [-0.2, 0) is 16.0 Å². The summed E-state index contributed by atoms with van der Waals surface area (Å²) in [4.78, 5) is 33.1. The molecular weight excluding hydrogens is 544 g/mol.